The molecule has 1 unspecified atom stereocenters. The summed E-state index contributed by atoms with van der Waals surface area (Å²) in [5, 5.41) is 3.27. The monoisotopic (exact) mass is 273 g/mol. The second-order valence-corrected chi connectivity index (χ2v) is 7.55. The second kappa shape index (κ2) is 8.68. The lowest BCUT2D eigenvalue weighted by molar-refractivity contribution is 0.493. The van der Waals surface area contributed by atoms with Crippen molar-refractivity contribution in [2.45, 2.75) is 64.7 Å². The Morgan fingerprint density at radius 3 is 2.39 bits per heavy atom. The Kier molecular flexibility index (Phi) is 8.49. The predicted molar refractivity (Wildman–Crippen MR) is 85.4 cm³/mol. The molecule has 0 aliphatic rings. The maximum Gasteiger partial charge on any atom is 0.188 e. The molecule has 0 fully saturated rings. The van der Waals surface area contributed by atoms with Crippen LogP contribution in [0.5, 0.6) is 0 Å². The summed E-state index contributed by atoms with van der Waals surface area (Å²) in [7, 11) is 0. The molecule has 0 radical (unpaired) electrons. The molecule has 0 rings (SSSR count). The van der Waals surface area contributed by atoms with Gasteiger partial charge in [-0.1, -0.05) is 26.7 Å². The van der Waals surface area contributed by atoms with Gasteiger partial charge in [0.15, 0.2) is 5.96 Å². The molecule has 0 aliphatic carbocycles. The fraction of sp³-hybridized carbons (Fsp3) is 0.929. The lowest BCUT2D eigenvalue weighted by Crippen LogP contribution is -2.39. The van der Waals surface area contributed by atoms with Gasteiger partial charge in [-0.2, -0.15) is 11.8 Å². The van der Waals surface area contributed by atoms with Gasteiger partial charge in [0.2, 0.25) is 0 Å². The second-order valence-electron chi connectivity index (χ2n) is 6.04. The van der Waals surface area contributed by atoms with Gasteiger partial charge in [-0.3, -0.25) is 4.99 Å². The van der Waals surface area contributed by atoms with Crippen LogP contribution in [0, 0.1) is 5.92 Å². The SMILES string of the molecule is CSC(C)(C)CN=C(N)NC(C)CCCC(C)C. The number of guanidine groups is 1. The van der Waals surface area contributed by atoms with E-state index in [1.807, 2.05) is 11.8 Å². The van der Waals surface area contributed by atoms with Crippen molar-refractivity contribution in [1.29, 1.82) is 0 Å². The van der Waals surface area contributed by atoms with Crippen molar-refractivity contribution in [3.8, 4) is 0 Å². The summed E-state index contributed by atoms with van der Waals surface area (Å²) >= 11 is 1.81. The molecule has 0 amide bonds. The zero-order chi connectivity index (χ0) is 14.2. The van der Waals surface area contributed by atoms with Crippen LogP contribution in [0.15, 0.2) is 4.99 Å². The first-order valence-corrected chi connectivity index (χ1v) is 8.11. The molecule has 0 spiro atoms. The summed E-state index contributed by atoms with van der Waals surface area (Å²) in [4.78, 5) is 4.41. The van der Waals surface area contributed by atoms with E-state index in [0.29, 0.717) is 12.0 Å². The minimum Gasteiger partial charge on any atom is -0.370 e. The van der Waals surface area contributed by atoms with Gasteiger partial charge in [0, 0.05) is 10.8 Å². The Balaban J connectivity index is 3.92. The molecular weight excluding hydrogens is 242 g/mol. The van der Waals surface area contributed by atoms with Crippen molar-refractivity contribution in [3.05, 3.63) is 0 Å². The van der Waals surface area contributed by atoms with Gasteiger partial charge in [0.1, 0.15) is 0 Å². The van der Waals surface area contributed by atoms with E-state index in [2.05, 4.69) is 51.2 Å². The van der Waals surface area contributed by atoms with Gasteiger partial charge >= 0.3 is 0 Å². The van der Waals surface area contributed by atoms with E-state index in [1.165, 1.54) is 12.8 Å². The fourth-order valence-electron chi connectivity index (χ4n) is 1.54. The molecule has 18 heavy (non-hydrogen) atoms. The number of nitrogens with one attached hydrogen (secondary N) is 1. The van der Waals surface area contributed by atoms with Crippen LogP contribution in [0.1, 0.15) is 53.9 Å². The van der Waals surface area contributed by atoms with E-state index in [9.17, 15) is 0 Å². The van der Waals surface area contributed by atoms with Crippen LogP contribution >= 0.6 is 11.8 Å². The van der Waals surface area contributed by atoms with Crippen LogP contribution in [0.4, 0.5) is 0 Å². The van der Waals surface area contributed by atoms with E-state index in [4.69, 9.17) is 5.73 Å². The first-order valence-electron chi connectivity index (χ1n) is 6.88. The molecule has 0 aromatic carbocycles. The molecule has 108 valence electrons. The highest BCUT2D eigenvalue weighted by Gasteiger charge is 2.15. The lowest BCUT2D eigenvalue weighted by atomic mass is 10.0. The Bertz CT molecular complexity index is 249. The normalized spacial score (nSPS) is 14.9. The molecule has 0 saturated heterocycles. The maximum absolute atomic E-state index is 5.90. The average Bonchev–Trinajstić information content (AvgIpc) is 2.26. The first kappa shape index (κ1) is 17.6. The molecular formula is C14H31N3S. The summed E-state index contributed by atoms with van der Waals surface area (Å²) in [5.41, 5.74) is 5.90. The Hall–Kier alpha value is -0.380. The number of hydrogen-bond donors (Lipinski definition) is 2. The largest absolute Gasteiger partial charge is 0.370 e. The van der Waals surface area contributed by atoms with Gasteiger partial charge in [0.05, 0.1) is 6.54 Å². The van der Waals surface area contributed by atoms with Crippen molar-refractivity contribution >= 4 is 17.7 Å². The van der Waals surface area contributed by atoms with Crippen LogP contribution in [-0.4, -0.2) is 29.5 Å². The van der Waals surface area contributed by atoms with Crippen LogP contribution in [0.2, 0.25) is 0 Å². The number of nitrogens with zero attached hydrogens (tertiary/aromatic N) is 1. The fourth-order valence-corrected chi connectivity index (χ4v) is 1.74. The van der Waals surface area contributed by atoms with Gasteiger partial charge in [-0.15, -0.1) is 0 Å². The van der Waals surface area contributed by atoms with Crippen LogP contribution in [0.25, 0.3) is 0 Å². The summed E-state index contributed by atoms with van der Waals surface area (Å²) in [6.45, 7) is 11.8. The molecule has 4 heteroatoms. The van der Waals surface area contributed by atoms with Crippen LogP contribution < -0.4 is 11.1 Å². The van der Waals surface area contributed by atoms with Gasteiger partial charge in [-0.25, -0.2) is 0 Å². The Morgan fingerprint density at radius 1 is 1.28 bits per heavy atom. The topological polar surface area (TPSA) is 50.4 Å². The van der Waals surface area contributed by atoms with Crippen molar-refractivity contribution in [2.24, 2.45) is 16.6 Å². The van der Waals surface area contributed by atoms with E-state index < -0.39 is 0 Å². The highest BCUT2D eigenvalue weighted by atomic mass is 32.2. The molecule has 0 saturated carbocycles. The number of aliphatic imine (C=N–C) groups is 1. The number of rotatable bonds is 8. The van der Waals surface area contributed by atoms with Gasteiger partial charge in [0.25, 0.3) is 0 Å². The van der Waals surface area contributed by atoms with Crippen molar-refractivity contribution in [1.82, 2.24) is 5.32 Å². The van der Waals surface area contributed by atoms with E-state index >= 15 is 0 Å². The summed E-state index contributed by atoms with van der Waals surface area (Å²) in [6, 6.07) is 0.407. The summed E-state index contributed by atoms with van der Waals surface area (Å²) < 4.78 is 0.160. The lowest BCUT2D eigenvalue weighted by Gasteiger charge is -2.20. The third-order valence-electron chi connectivity index (χ3n) is 3.00. The van der Waals surface area contributed by atoms with E-state index in [1.54, 1.807) is 0 Å². The number of thioether (sulfide) groups is 1. The number of hydrogen-bond acceptors (Lipinski definition) is 2. The molecule has 3 N–H and O–H groups in total. The smallest absolute Gasteiger partial charge is 0.188 e. The highest BCUT2D eigenvalue weighted by molar-refractivity contribution is 7.99. The third-order valence-corrected chi connectivity index (χ3v) is 4.23. The average molecular weight is 273 g/mol. The standard InChI is InChI=1S/C14H31N3S/c1-11(2)8-7-9-12(3)17-13(15)16-10-14(4,5)18-6/h11-12H,7-10H2,1-6H3,(H3,15,16,17). The van der Waals surface area contributed by atoms with Crippen molar-refractivity contribution < 1.29 is 0 Å². The minimum atomic E-state index is 0.160. The highest BCUT2D eigenvalue weighted by Crippen LogP contribution is 2.20. The zero-order valence-electron chi connectivity index (χ0n) is 12.9. The maximum atomic E-state index is 5.90. The Labute approximate surface area is 117 Å². The summed E-state index contributed by atoms with van der Waals surface area (Å²) in [6.07, 6.45) is 5.78. The van der Waals surface area contributed by atoms with Gasteiger partial charge in [-0.05, 0) is 39.4 Å². The van der Waals surface area contributed by atoms with Crippen molar-refractivity contribution in [2.75, 3.05) is 12.8 Å². The van der Waals surface area contributed by atoms with E-state index in [-0.39, 0.29) is 4.75 Å². The molecule has 0 heterocycles. The van der Waals surface area contributed by atoms with E-state index in [0.717, 1.165) is 18.9 Å². The minimum absolute atomic E-state index is 0.160. The molecule has 0 aromatic rings. The van der Waals surface area contributed by atoms with Crippen molar-refractivity contribution in [3.63, 3.8) is 0 Å². The summed E-state index contributed by atoms with van der Waals surface area (Å²) in [5.74, 6) is 1.36. The molecule has 0 bridgehead atoms. The Morgan fingerprint density at radius 2 is 1.89 bits per heavy atom. The zero-order valence-corrected chi connectivity index (χ0v) is 13.7. The third kappa shape index (κ3) is 9.63. The molecule has 3 nitrogen and oxygen atoms in total. The van der Waals surface area contributed by atoms with Crippen LogP contribution in [0.3, 0.4) is 0 Å². The number of nitrogens with two attached hydrogens (primary N) is 1. The molecule has 1 atom stereocenters. The van der Waals surface area contributed by atoms with Gasteiger partial charge < -0.3 is 11.1 Å². The van der Waals surface area contributed by atoms with Crippen LogP contribution in [-0.2, 0) is 0 Å². The quantitative estimate of drug-likeness (QED) is 0.527. The molecule has 0 aliphatic heterocycles. The molecule has 0 aromatic heterocycles. The first-order chi connectivity index (χ1) is 8.26. The predicted octanol–water partition coefficient (Wildman–Crippen LogP) is 3.25.